The number of fused-ring (bicyclic) bond motifs is 1. The summed E-state index contributed by atoms with van der Waals surface area (Å²) >= 11 is 0. The van der Waals surface area contributed by atoms with E-state index in [4.69, 9.17) is 14.1 Å². The molecule has 1 saturated heterocycles. The van der Waals surface area contributed by atoms with Gasteiger partial charge in [-0.15, -0.1) is 0 Å². The van der Waals surface area contributed by atoms with Gasteiger partial charge in [0.05, 0.1) is 14.2 Å². The van der Waals surface area contributed by atoms with Crippen molar-refractivity contribution in [3.63, 3.8) is 0 Å². The van der Waals surface area contributed by atoms with Crippen molar-refractivity contribution in [2.45, 2.75) is 18.9 Å². The summed E-state index contributed by atoms with van der Waals surface area (Å²) in [5.74, 6) is 2.22. The molecule has 1 atom stereocenters. The molecule has 4 rings (SSSR count). The molecule has 130 valence electrons. The van der Waals surface area contributed by atoms with E-state index in [-0.39, 0.29) is 0 Å². The van der Waals surface area contributed by atoms with Crippen LogP contribution in [0, 0.1) is 0 Å². The van der Waals surface area contributed by atoms with E-state index in [9.17, 15) is 0 Å². The lowest BCUT2D eigenvalue weighted by atomic mass is 9.97. The van der Waals surface area contributed by atoms with Crippen molar-refractivity contribution in [2.24, 2.45) is 0 Å². The highest BCUT2D eigenvalue weighted by Gasteiger charge is 2.27. The number of benzene rings is 2. The summed E-state index contributed by atoms with van der Waals surface area (Å²) in [7, 11) is 3.41. The first-order valence-electron chi connectivity index (χ1n) is 8.43. The third-order valence-corrected chi connectivity index (χ3v) is 4.91. The molecule has 0 aliphatic carbocycles. The van der Waals surface area contributed by atoms with E-state index >= 15 is 0 Å². The topological polar surface area (TPSA) is 60.6 Å². The van der Waals surface area contributed by atoms with Gasteiger partial charge in [0, 0.05) is 24.6 Å². The van der Waals surface area contributed by atoms with Gasteiger partial charge in [-0.3, -0.25) is 4.90 Å². The van der Waals surface area contributed by atoms with Crippen LogP contribution in [0.3, 0.4) is 0 Å². The van der Waals surface area contributed by atoms with Crippen LogP contribution in [0.1, 0.15) is 23.5 Å². The molecule has 0 saturated carbocycles. The molecule has 6 heteroatoms. The van der Waals surface area contributed by atoms with Crippen LogP contribution in [0.15, 0.2) is 41.0 Å². The molecule has 2 aromatic carbocycles. The van der Waals surface area contributed by atoms with Gasteiger partial charge in [0.1, 0.15) is 22.5 Å². The van der Waals surface area contributed by atoms with Crippen molar-refractivity contribution in [1.29, 1.82) is 0 Å². The largest absolute Gasteiger partial charge is 0.497 e. The SMILES string of the molecule is COc1ccc(OC)c(C2CCN(Cc3cccc4nonc34)C2)c1. The smallest absolute Gasteiger partial charge is 0.139 e. The van der Waals surface area contributed by atoms with Gasteiger partial charge >= 0.3 is 0 Å². The van der Waals surface area contributed by atoms with Crippen LogP contribution in [0.5, 0.6) is 11.5 Å². The van der Waals surface area contributed by atoms with Crippen molar-refractivity contribution in [1.82, 2.24) is 15.2 Å². The van der Waals surface area contributed by atoms with Crippen LogP contribution >= 0.6 is 0 Å². The standard InChI is InChI=1S/C19H21N3O3/c1-23-15-6-7-18(24-2)16(10-15)13-8-9-22(11-13)12-14-4-3-5-17-19(14)21-25-20-17/h3-7,10,13H,8-9,11-12H2,1-2H3. The summed E-state index contributed by atoms with van der Waals surface area (Å²) in [5, 5.41) is 7.96. The third kappa shape index (κ3) is 3.05. The highest BCUT2D eigenvalue weighted by atomic mass is 16.6. The van der Waals surface area contributed by atoms with E-state index in [1.54, 1.807) is 14.2 Å². The first-order chi connectivity index (χ1) is 12.3. The molecular weight excluding hydrogens is 318 g/mol. The molecule has 1 aliphatic heterocycles. The Hall–Kier alpha value is -2.60. The Morgan fingerprint density at radius 3 is 2.92 bits per heavy atom. The van der Waals surface area contributed by atoms with E-state index in [1.807, 2.05) is 24.3 Å². The van der Waals surface area contributed by atoms with E-state index < -0.39 is 0 Å². The average Bonchev–Trinajstić information content (AvgIpc) is 3.31. The summed E-state index contributed by atoms with van der Waals surface area (Å²) in [6, 6.07) is 12.0. The Bertz CT molecular complexity index is 877. The van der Waals surface area contributed by atoms with E-state index in [1.165, 1.54) is 5.56 Å². The highest BCUT2D eigenvalue weighted by molar-refractivity contribution is 5.76. The minimum absolute atomic E-state index is 0.430. The Kier molecular flexibility index (Phi) is 4.28. The fourth-order valence-electron chi connectivity index (χ4n) is 3.62. The predicted octanol–water partition coefficient (Wildman–Crippen LogP) is 3.23. The van der Waals surface area contributed by atoms with Crippen LogP contribution in [-0.4, -0.2) is 42.5 Å². The molecule has 1 aromatic heterocycles. The maximum absolute atomic E-state index is 5.55. The normalized spacial score (nSPS) is 17.9. The van der Waals surface area contributed by atoms with Gasteiger partial charge < -0.3 is 9.47 Å². The number of methoxy groups -OCH3 is 2. The van der Waals surface area contributed by atoms with Gasteiger partial charge in [0.2, 0.25) is 0 Å². The fourth-order valence-corrected chi connectivity index (χ4v) is 3.62. The van der Waals surface area contributed by atoms with E-state index in [2.05, 4.69) is 27.3 Å². The van der Waals surface area contributed by atoms with Crippen LogP contribution < -0.4 is 9.47 Å². The Balaban J connectivity index is 1.53. The first-order valence-corrected chi connectivity index (χ1v) is 8.43. The maximum Gasteiger partial charge on any atom is 0.139 e. The zero-order valence-electron chi connectivity index (χ0n) is 14.4. The summed E-state index contributed by atoms with van der Waals surface area (Å²) < 4.78 is 15.8. The molecular formula is C19H21N3O3. The number of hydrogen-bond donors (Lipinski definition) is 0. The van der Waals surface area contributed by atoms with Crippen molar-refractivity contribution in [3.8, 4) is 11.5 Å². The summed E-state index contributed by atoms with van der Waals surface area (Å²) in [5.41, 5.74) is 4.02. The molecule has 2 heterocycles. The monoisotopic (exact) mass is 339 g/mol. The number of ether oxygens (including phenoxy) is 2. The zero-order chi connectivity index (χ0) is 17.2. The van der Waals surface area contributed by atoms with Crippen LogP contribution in [0.25, 0.3) is 11.0 Å². The zero-order valence-corrected chi connectivity index (χ0v) is 14.4. The fraction of sp³-hybridized carbons (Fsp3) is 0.368. The lowest BCUT2D eigenvalue weighted by Crippen LogP contribution is -2.20. The summed E-state index contributed by atoms with van der Waals surface area (Å²) in [6.45, 7) is 2.85. The summed E-state index contributed by atoms with van der Waals surface area (Å²) in [6.07, 6.45) is 1.09. The van der Waals surface area contributed by atoms with Crippen LogP contribution in [-0.2, 0) is 6.54 Å². The van der Waals surface area contributed by atoms with Gasteiger partial charge in [0.25, 0.3) is 0 Å². The Labute approximate surface area is 146 Å². The molecule has 0 bridgehead atoms. The second kappa shape index (κ2) is 6.72. The number of aromatic nitrogens is 2. The third-order valence-electron chi connectivity index (χ3n) is 4.91. The lowest BCUT2D eigenvalue weighted by Gasteiger charge is -2.18. The number of likely N-dealkylation sites (tertiary alicyclic amines) is 1. The van der Waals surface area contributed by atoms with Gasteiger partial charge in [-0.05, 0) is 53.1 Å². The number of rotatable bonds is 5. The van der Waals surface area contributed by atoms with Gasteiger partial charge in [-0.1, -0.05) is 12.1 Å². The predicted molar refractivity (Wildman–Crippen MR) is 94.0 cm³/mol. The number of nitrogens with zero attached hydrogens (tertiary/aromatic N) is 3. The minimum Gasteiger partial charge on any atom is -0.497 e. The van der Waals surface area contributed by atoms with Crippen molar-refractivity contribution in [3.05, 3.63) is 47.5 Å². The Morgan fingerprint density at radius 2 is 2.08 bits per heavy atom. The average molecular weight is 339 g/mol. The first kappa shape index (κ1) is 15.9. The van der Waals surface area contributed by atoms with Gasteiger partial charge in [0.15, 0.2) is 0 Å². The summed E-state index contributed by atoms with van der Waals surface area (Å²) in [4.78, 5) is 2.44. The molecule has 6 nitrogen and oxygen atoms in total. The minimum atomic E-state index is 0.430. The maximum atomic E-state index is 5.55. The van der Waals surface area contributed by atoms with Crippen molar-refractivity contribution >= 4 is 11.0 Å². The lowest BCUT2D eigenvalue weighted by molar-refractivity contribution is 0.312. The van der Waals surface area contributed by atoms with Crippen molar-refractivity contribution in [2.75, 3.05) is 27.3 Å². The van der Waals surface area contributed by atoms with Crippen molar-refractivity contribution < 1.29 is 14.1 Å². The Morgan fingerprint density at radius 1 is 1.16 bits per heavy atom. The number of hydrogen-bond acceptors (Lipinski definition) is 6. The van der Waals surface area contributed by atoms with Gasteiger partial charge in [-0.2, -0.15) is 0 Å². The van der Waals surface area contributed by atoms with E-state index in [0.29, 0.717) is 5.92 Å². The molecule has 0 spiro atoms. The quantitative estimate of drug-likeness (QED) is 0.711. The molecule has 1 fully saturated rings. The second-order valence-electron chi connectivity index (χ2n) is 6.38. The highest BCUT2D eigenvalue weighted by Crippen LogP contribution is 2.36. The molecule has 1 aliphatic rings. The second-order valence-corrected chi connectivity index (χ2v) is 6.38. The van der Waals surface area contributed by atoms with Gasteiger partial charge in [-0.25, -0.2) is 4.63 Å². The molecule has 0 amide bonds. The molecule has 3 aromatic rings. The molecule has 0 N–H and O–H groups in total. The molecule has 0 radical (unpaired) electrons. The van der Waals surface area contributed by atoms with E-state index in [0.717, 1.165) is 54.2 Å². The van der Waals surface area contributed by atoms with Crippen LogP contribution in [0.4, 0.5) is 0 Å². The van der Waals surface area contributed by atoms with Crippen LogP contribution in [0.2, 0.25) is 0 Å². The molecule has 1 unspecified atom stereocenters. The molecule has 25 heavy (non-hydrogen) atoms.